The summed E-state index contributed by atoms with van der Waals surface area (Å²) < 4.78 is 4.99. The average Bonchev–Trinajstić information content (AvgIpc) is 2.76. The Morgan fingerprint density at radius 3 is 1.54 bits per heavy atom. The van der Waals surface area contributed by atoms with E-state index in [9.17, 15) is 0 Å². The minimum absolute atomic E-state index is 0.0201. The van der Waals surface area contributed by atoms with Crippen LogP contribution in [0.25, 0.3) is 0 Å². The first-order valence-corrected chi connectivity index (χ1v) is 4.70. The number of hydrogen-bond donors (Lipinski definition) is 0. The molecule has 0 amide bonds. The van der Waals surface area contributed by atoms with Crippen LogP contribution in [-0.2, 0) is 4.29 Å². The van der Waals surface area contributed by atoms with Crippen molar-refractivity contribution in [2.24, 2.45) is 11.8 Å². The standard InChI is InChI=1S/C11H11ClO/c12-13-11(9-5-1-2-6-9)10-7-3-4-8-10/h1-11H. The smallest absolute Gasteiger partial charge is 0.0984 e. The molecule has 0 fully saturated rings. The highest BCUT2D eigenvalue weighted by atomic mass is 35.5. The zero-order chi connectivity index (χ0) is 9.10. The molecule has 1 nitrogen and oxygen atoms in total. The molecular weight excluding hydrogens is 184 g/mol. The first-order valence-electron chi connectivity index (χ1n) is 4.39. The van der Waals surface area contributed by atoms with E-state index in [4.69, 9.17) is 16.2 Å². The molecule has 2 heteroatoms. The highest BCUT2D eigenvalue weighted by molar-refractivity contribution is 6.07. The summed E-state index contributed by atoms with van der Waals surface area (Å²) in [5.74, 6) is 0.602. The quantitative estimate of drug-likeness (QED) is 0.671. The zero-order valence-corrected chi connectivity index (χ0v) is 7.89. The Hall–Kier alpha value is -0.790. The van der Waals surface area contributed by atoms with Gasteiger partial charge >= 0.3 is 0 Å². The SMILES string of the molecule is ClOC(C1C=CC=C1)C1C=CC=C1. The summed E-state index contributed by atoms with van der Waals surface area (Å²) in [6.45, 7) is 0. The van der Waals surface area contributed by atoms with Crippen LogP contribution in [0.1, 0.15) is 0 Å². The first kappa shape index (κ1) is 8.79. The van der Waals surface area contributed by atoms with Gasteiger partial charge in [0.15, 0.2) is 0 Å². The Morgan fingerprint density at radius 2 is 1.23 bits per heavy atom. The maximum Gasteiger partial charge on any atom is 0.0984 e. The Morgan fingerprint density at radius 1 is 0.846 bits per heavy atom. The first-order chi connectivity index (χ1) is 6.42. The number of allylic oxidation sites excluding steroid dienone is 4. The molecule has 0 radical (unpaired) electrons. The molecule has 0 bridgehead atoms. The molecule has 0 aromatic heterocycles. The summed E-state index contributed by atoms with van der Waals surface area (Å²) in [5.41, 5.74) is 0. The van der Waals surface area contributed by atoms with Gasteiger partial charge in [-0.1, -0.05) is 48.6 Å². The van der Waals surface area contributed by atoms with Crippen molar-refractivity contribution < 1.29 is 4.29 Å². The van der Waals surface area contributed by atoms with E-state index in [1.54, 1.807) is 0 Å². The molecule has 0 N–H and O–H groups in total. The largest absolute Gasteiger partial charge is 0.274 e. The fraction of sp³-hybridized carbons (Fsp3) is 0.273. The number of hydrogen-bond acceptors (Lipinski definition) is 1. The van der Waals surface area contributed by atoms with E-state index in [0.717, 1.165) is 0 Å². The summed E-state index contributed by atoms with van der Waals surface area (Å²) in [6, 6.07) is 0. The molecule has 0 heterocycles. The molecule has 0 spiro atoms. The van der Waals surface area contributed by atoms with Crippen molar-refractivity contribution in [3.8, 4) is 0 Å². The summed E-state index contributed by atoms with van der Waals surface area (Å²) in [7, 11) is 0. The molecule has 0 saturated carbocycles. The van der Waals surface area contributed by atoms with Gasteiger partial charge in [0.05, 0.1) is 18.0 Å². The predicted molar refractivity (Wildman–Crippen MR) is 54.3 cm³/mol. The molecule has 0 atom stereocenters. The van der Waals surface area contributed by atoms with Crippen LogP contribution >= 0.6 is 11.9 Å². The lowest BCUT2D eigenvalue weighted by atomic mass is 9.93. The lowest BCUT2D eigenvalue weighted by molar-refractivity contribution is 0.168. The second kappa shape index (κ2) is 3.95. The lowest BCUT2D eigenvalue weighted by Gasteiger charge is -2.21. The van der Waals surface area contributed by atoms with Gasteiger partial charge in [-0.25, -0.2) is 0 Å². The van der Waals surface area contributed by atoms with Crippen LogP contribution < -0.4 is 0 Å². The van der Waals surface area contributed by atoms with Gasteiger partial charge in [0.1, 0.15) is 0 Å². The fourth-order valence-electron chi connectivity index (χ4n) is 1.71. The Bertz CT molecular complexity index is 236. The van der Waals surface area contributed by atoms with Crippen molar-refractivity contribution >= 4 is 11.9 Å². The van der Waals surface area contributed by atoms with Crippen LogP contribution in [-0.4, -0.2) is 6.10 Å². The molecule has 0 aliphatic heterocycles. The van der Waals surface area contributed by atoms with E-state index in [-0.39, 0.29) is 6.10 Å². The van der Waals surface area contributed by atoms with E-state index < -0.39 is 0 Å². The second-order valence-electron chi connectivity index (χ2n) is 3.25. The molecule has 0 aromatic rings. The van der Waals surface area contributed by atoms with E-state index in [1.165, 1.54) is 0 Å². The van der Waals surface area contributed by atoms with Gasteiger partial charge in [-0.3, -0.25) is 4.29 Å². The van der Waals surface area contributed by atoms with Crippen molar-refractivity contribution in [2.45, 2.75) is 6.10 Å². The average molecular weight is 195 g/mol. The maximum absolute atomic E-state index is 5.49. The summed E-state index contributed by atoms with van der Waals surface area (Å²) >= 11 is 5.49. The zero-order valence-electron chi connectivity index (χ0n) is 7.14. The van der Waals surface area contributed by atoms with Crippen LogP contribution in [0.15, 0.2) is 48.6 Å². The van der Waals surface area contributed by atoms with E-state index >= 15 is 0 Å². The molecular formula is C11H11ClO. The van der Waals surface area contributed by atoms with E-state index in [2.05, 4.69) is 24.3 Å². The van der Waals surface area contributed by atoms with Gasteiger partial charge in [0, 0.05) is 11.8 Å². The highest BCUT2D eigenvalue weighted by Crippen LogP contribution is 2.27. The Labute approximate surface area is 83.2 Å². The second-order valence-corrected chi connectivity index (χ2v) is 3.43. The van der Waals surface area contributed by atoms with Crippen LogP contribution in [0.3, 0.4) is 0 Å². The summed E-state index contributed by atoms with van der Waals surface area (Å²) in [6.07, 6.45) is 16.5. The molecule has 0 aromatic carbocycles. The van der Waals surface area contributed by atoms with Crippen molar-refractivity contribution in [1.29, 1.82) is 0 Å². The van der Waals surface area contributed by atoms with Gasteiger partial charge in [-0.05, 0) is 0 Å². The summed E-state index contributed by atoms with van der Waals surface area (Å²) in [4.78, 5) is 0. The van der Waals surface area contributed by atoms with Crippen molar-refractivity contribution in [2.75, 3.05) is 0 Å². The minimum Gasteiger partial charge on any atom is -0.274 e. The third kappa shape index (κ3) is 1.77. The lowest BCUT2D eigenvalue weighted by Crippen LogP contribution is -2.24. The molecule has 13 heavy (non-hydrogen) atoms. The molecule has 68 valence electrons. The van der Waals surface area contributed by atoms with Crippen molar-refractivity contribution in [3.05, 3.63) is 48.6 Å². The van der Waals surface area contributed by atoms with Crippen LogP contribution in [0, 0.1) is 11.8 Å². The number of rotatable bonds is 3. The van der Waals surface area contributed by atoms with Crippen LogP contribution in [0.5, 0.6) is 0 Å². The van der Waals surface area contributed by atoms with Crippen LogP contribution in [0.4, 0.5) is 0 Å². The van der Waals surface area contributed by atoms with Gasteiger partial charge in [0.25, 0.3) is 0 Å². The topological polar surface area (TPSA) is 9.23 Å². The predicted octanol–water partition coefficient (Wildman–Crippen LogP) is 3.01. The molecule has 0 saturated heterocycles. The van der Waals surface area contributed by atoms with Gasteiger partial charge in [0.2, 0.25) is 0 Å². The minimum atomic E-state index is 0.0201. The van der Waals surface area contributed by atoms with Crippen LogP contribution in [0.2, 0.25) is 0 Å². The molecule has 0 unspecified atom stereocenters. The molecule has 2 aliphatic carbocycles. The van der Waals surface area contributed by atoms with E-state index in [1.807, 2.05) is 24.3 Å². The highest BCUT2D eigenvalue weighted by Gasteiger charge is 2.26. The third-order valence-electron chi connectivity index (χ3n) is 2.42. The monoisotopic (exact) mass is 194 g/mol. The molecule has 2 rings (SSSR count). The van der Waals surface area contributed by atoms with Gasteiger partial charge in [-0.15, -0.1) is 0 Å². The number of halogens is 1. The van der Waals surface area contributed by atoms with Crippen molar-refractivity contribution in [3.63, 3.8) is 0 Å². The van der Waals surface area contributed by atoms with Crippen molar-refractivity contribution in [1.82, 2.24) is 0 Å². The van der Waals surface area contributed by atoms with Gasteiger partial charge < -0.3 is 0 Å². The molecule has 2 aliphatic rings. The maximum atomic E-state index is 5.49. The normalized spacial score (nSPS) is 21.4. The Kier molecular flexibility index (Phi) is 2.67. The Balaban J connectivity index is 2.08. The van der Waals surface area contributed by atoms with E-state index in [0.29, 0.717) is 11.8 Å². The van der Waals surface area contributed by atoms with Gasteiger partial charge in [-0.2, -0.15) is 0 Å². The third-order valence-corrected chi connectivity index (χ3v) is 2.62. The summed E-state index contributed by atoms with van der Waals surface area (Å²) in [5, 5.41) is 0. The fourth-order valence-corrected chi connectivity index (χ4v) is 1.95.